The molecule has 4 nitrogen and oxygen atoms in total. The SMILES string of the molecule is Cc1nccn1CCOc1c(Br)cccc1CNC1CC1. The van der Waals surface area contributed by atoms with Crippen molar-refractivity contribution in [2.45, 2.75) is 38.9 Å². The zero-order valence-electron chi connectivity index (χ0n) is 12.2. The molecule has 112 valence electrons. The van der Waals surface area contributed by atoms with Crippen molar-refractivity contribution >= 4 is 15.9 Å². The van der Waals surface area contributed by atoms with Gasteiger partial charge in [0.15, 0.2) is 0 Å². The van der Waals surface area contributed by atoms with Crippen LogP contribution in [0.4, 0.5) is 0 Å². The van der Waals surface area contributed by atoms with Crippen molar-refractivity contribution in [1.82, 2.24) is 14.9 Å². The Kier molecular flexibility index (Phi) is 4.60. The van der Waals surface area contributed by atoms with Gasteiger partial charge in [0.25, 0.3) is 0 Å². The molecule has 0 saturated heterocycles. The fourth-order valence-corrected chi connectivity index (χ4v) is 2.80. The summed E-state index contributed by atoms with van der Waals surface area (Å²) in [5.41, 5.74) is 1.21. The van der Waals surface area contributed by atoms with Gasteiger partial charge in [0, 0.05) is 30.5 Å². The van der Waals surface area contributed by atoms with Gasteiger partial charge in [-0.1, -0.05) is 12.1 Å². The molecule has 0 aliphatic heterocycles. The van der Waals surface area contributed by atoms with Gasteiger partial charge in [0.1, 0.15) is 18.2 Å². The van der Waals surface area contributed by atoms with Crippen molar-refractivity contribution in [3.8, 4) is 5.75 Å². The third-order valence-corrected chi connectivity index (χ3v) is 4.33. The van der Waals surface area contributed by atoms with Crippen LogP contribution >= 0.6 is 15.9 Å². The Morgan fingerprint density at radius 1 is 1.43 bits per heavy atom. The van der Waals surface area contributed by atoms with Crippen LogP contribution in [0.1, 0.15) is 24.2 Å². The molecule has 1 aromatic carbocycles. The second-order valence-electron chi connectivity index (χ2n) is 5.40. The van der Waals surface area contributed by atoms with Gasteiger partial charge in [-0.25, -0.2) is 4.98 Å². The van der Waals surface area contributed by atoms with Crippen LogP contribution in [0, 0.1) is 6.92 Å². The highest BCUT2D eigenvalue weighted by Crippen LogP contribution is 2.30. The minimum atomic E-state index is 0.635. The zero-order valence-corrected chi connectivity index (χ0v) is 13.8. The number of rotatable bonds is 7. The minimum Gasteiger partial charge on any atom is -0.490 e. The summed E-state index contributed by atoms with van der Waals surface area (Å²) in [6.07, 6.45) is 6.39. The van der Waals surface area contributed by atoms with Crippen LogP contribution in [0.3, 0.4) is 0 Å². The molecule has 0 spiro atoms. The van der Waals surface area contributed by atoms with E-state index in [1.165, 1.54) is 18.4 Å². The van der Waals surface area contributed by atoms with Gasteiger partial charge in [-0.15, -0.1) is 0 Å². The number of ether oxygens (including phenoxy) is 1. The largest absolute Gasteiger partial charge is 0.490 e. The summed E-state index contributed by atoms with van der Waals surface area (Å²) in [5.74, 6) is 1.96. The maximum atomic E-state index is 6.01. The average Bonchev–Trinajstić information content (AvgIpc) is 3.22. The third-order valence-electron chi connectivity index (χ3n) is 3.71. The molecule has 0 atom stereocenters. The van der Waals surface area contributed by atoms with Crippen LogP contribution in [-0.4, -0.2) is 22.2 Å². The van der Waals surface area contributed by atoms with Gasteiger partial charge in [0.2, 0.25) is 0 Å². The van der Waals surface area contributed by atoms with E-state index in [-0.39, 0.29) is 0 Å². The van der Waals surface area contributed by atoms with E-state index in [1.54, 1.807) is 0 Å². The maximum absolute atomic E-state index is 6.01. The second-order valence-corrected chi connectivity index (χ2v) is 6.25. The molecule has 1 saturated carbocycles. The minimum absolute atomic E-state index is 0.635. The molecule has 0 amide bonds. The van der Waals surface area contributed by atoms with E-state index in [4.69, 9.17) is 4.74 Å². The van der Waals surface area contributed by atoms with Gasteiger partial charge < -0.3 is 14.6 Å². The monoisotopic (exact) mass is 349 g/mol. The van der Waals surface area contributed by atoms with Gasteiger partial charge >= 0.3 is 0 Å². The lowest BCUT2D eigenvalue weighted by Crippen LogP contribution is -2.17. The van der Waals surface area contributed by atoms with E-state index in [0.29, 0.717) is 12.6 Å². The lowest BCUT2D eigenvalue weighted by molar-refractivity contribution is 0.291. The molecule has 1 fully saturated rings. The lowest BCUT2D eigenvalue weighted by Gasteiger charge is -2.14. The molecule has 0 radical (unpaired) electrons. The normalized spacial score (nSPS) is 14.4. The molecule has 3 rings (SSSR count). The smallest absolute Gasteiger partial charge is 0.138 e. The quantitative estimate of drug-likeness (QED) is 0.833. The Bertz CT molecular complexity index is 607. The van der Waals surface area contributed by atoms with E-state index in [1.807, 2.05) is 25.4 Å². The molecule has 1 heterocycles. The summed E-state index contributed by atoms with van der Waals surface area (Å²) >= 11 is 3.59. The number of nitrogens with one attached hydrogen (secondary N) is 1. The van der Waals surface area contributed by atoms with Crippen LogP contribution in [0.2, 0.25) is 0 Å². The fraction of sp³-hybridized carbons (Fsp3) is 0.438. The molecule has 1 N–H and O–H groups in total. The first-order valence-corrected chi connectivity index (χ1v) is 8.14. The molecular formula is C16H20BrN3O. The Hall–Kier alpha value is -1.33. The first-order valence-electron chi connectivity index (χ1n) is 7.35. The van der Waals surface area contributed by atoms with Crippen LogP contribution < -0.4 is 10.1 Å². The van der Waals surface area contributed by atoms with Gasteiger partial charge in [0.05, 0.1) is 11.0 Å². The first-order chi connectivity index (χ1) is 10.2. The summed E-state index contributed by atoms with van der Waals surface area (Å²) < 4.78 is 9.12. The summed E-state index contributed by atoms with van der Waals surface area (Å²) in [6.45, 7) is 4.31. The van der Waals surface area contributed by atoms with Crippen molar-refractivity contribution in [1.29, 1.82) is 0 Å². The zero-order chi connectivity index (χ0) is 14.7. The van der Waals surface area contributed by atoms with Crippen molar-refractivity contribution in [2.75, 3.05) is 6.61 Å². The van der Waals surface area contributed by atoms with Crippen LogP contribution in [0.15, 0.2) is 35.1 Å². The van der Waals surface area contributed by atoms with Crippen molar-refractivity contribution in [3.05, 3.63) is 46.5 Å². The van der Waals surface area contributed by atoms with Crippen LogP contribution in [0.5, 0.6) is 5.75 Å². The van der Waals surface area contributed by atoms with E-state index >= 15 is 0 Å². The van der Waals surface area contributed by atoms with E-state index in [0.717, 1.165) is 29.1 Å². The number of hydrogen-bond acceptors (Lipinski definition) is 3. The fourth-order valence-electron chi connectivity index (χ4n) is 2.28. The highest BCUT2D eigenvalue weighted by molar-refractivity contribution is 9.10. The van der Waals surface area contributed by atoms with E-state index in [9.17, 15) is 0 Å². The second kappa shape index (κ2) is 6.62. The predicted octanol–water partition coefficient (Wildman–Crippen LogP) is 3.29. The van der Waals surface area contributed by atoms with Gasteiger partial charge in [-0.2, -0.15) is 0 Å². The number of aromatic nitrogens is 2. The van der Waals surface area contributed by atoms with Gasteiger partial charge in [-0.05, 0) is 41.8 Å². The summed E-state index contributed by atoms with van der Waals surface area (Å²) in [4.78, 5) is 4.22. The van der Waals surface area contributed by atoms with Crippen molar-refractivity contribution in [3.63, 3.8) is 0 Å². The molecule has 0 unspecified atom stereocenters. The number of nitrogens with zero attached hydrogens (tertiary/aromatic N) is 2. The topological polar surface area (TPSA) is 39.1 Å². The highest BCUT2D eigenvalue weighted by atomic mass is 79.9. The number of halogens is 1. The Morgan fingerprint density at radius 3 is 3.00 bits per heavy atom. The number of imidazole rings is 1. The summed E-state index contributed by atoms with van der Waals surface area (Å²) in [7, 11) is 0. The van der Waals surface area contributed by atoms with Crippen LogP contribution in [-0.2, 0) is 13.1 Å². The molecule has 5 heteroatoms. The predicted molar refractivity (Wildman–Crippen MR) is 86.5 cm³/mol. The highest BCUT2D eigenvalue weighted by Gasteiger charge is 2.21. The molecule has 1 aliphatic rings. The molecular weight excluding hydrogens is 330 g/mol. The molecule has 2 aromatic rings. The van der Waals surface area contributed by atoms with Gasteiger partial charge in [-0.3, -0.25) is 0 Å². The summed E-state index contributed by atoms with van der Waals surface area (Å²) in [6, 6.07) is 6.91. The van der Waals surface area contributed by atoms with Crippen LogP contribution in [0.25, 0.3) is 0 Å². The Balaban J connectivity index is 1.61. The standard InChI is InChI=1S/C16H20BrN3O/c1-12-18-7-8-20(12)9-10-21-16-13(3-2-4-15(16)17)11-19-14-5-6-14/h2-4,7-8,14,19H,5-6,9-11H2,1H3. The van der Waals surface area contributed by atoms with E-state index in [2.05, 4.69) is 42.9 Å². The molecule has 1 aromatic heterocycles. The number of hydrogen-bond donors (Lipinski definition) is 1. The van der Waals surface area contributed by atoms with Crippen molar-refractivity contribution in [2.24, 2.45) is 0 Å². The average molecular weight is 350 g/mol. The number of aryl methyl sites for hydroxylation is 1. The summed E-state index contributed by atoms with van der Waals surface area (Å²) in [5, 5.41) is 3.54. The molecule has 0 bridgehead atoms. The van der Waals surface area contributed by atoms with Crippen molar-refractivity contribution < 1.29 is 4.74 Å². The third kappa shape index (κ3) is 3.86. The molecule has 1 aliphatic carbocycles. The maximum Gasteiger partial charge on any atom is 0.138 e. The Morgan fingerprint density at radius 2 is 2.29 bits per heavy atom. The molecule has 21 heavy (non-hydrogen) atoms. The number of para-hydroxylation sites is 1. The Labute approximate surface area is 133 Å². The van der Waals surface area contributed by atoms with E-state index < -0.39 is 0 Å². The number of benzene rings is 1. The lowest BCUT2D eigenvalue weighted by atomic mass is 10.2. The first kappa shape index (κ1) is 14.6.